The zero-order valence-electron chi connectivity index (χ0n) is 11.1. The van der Waals surface area contributed by atoms with Gasteiger partial charge in [0.2, 0.25) is 5.91 Å². The van der Waals surface area contributed by atoms with Crippen molar-refractivity contribution < 1.29 is 4.79 Å². The maximum Gasteiger partial charge on any atom is 0.233 e. The summed E-state index contributed by atoms with van der Waals surface area (Å²) >= 11 is 5.82. The summed E-state index contributed by atoms with van der Waals surface area (Å²) in [5.74, 6) is 0.0841. The summed E-state index contributed by atoms with van der Waals surface area (Å²) in [6, 6.07) is 8.28. The molecular formula is C15H21ClN2O. The monoisotopic (exact) mass is 280 g/mol. The first-order valence-electron chi connectivity index (χ1n) is 6.98. The Hall–Kier alpha value is -1.06. The lowest BCUT2D eigenvalue weighted by molar-refractivity contribution is -0.120. The molecule has 0 radical (unpaired) electrons. The van der Waals surface area contributed by atoms with Gasteiger partial charge in [-0.05, 0) is 37.0 Å². The van der Waals surface area contributed by atoms with E-state index < -0.39 is 0 Å². The molecule has 4 heteroatoms. The average molecular weight is 281 g/mol. The highest BCUT2D eigenvalue weighted by molar-refractivity contribution is 6.30. The van der Waals surface area contributed by atoms with Gasteiger partial charge in [-0.3, -0.25) is 4.79 Å². The Morgan fingerprint density at radius 2 is 1.89 bits per heavy atom. The first kappa shape index (κ1) is 14.4. The summed E-state index contributed by atoms with van der Waals surface area (Å²) in [6.07, 6.45) is 5.83. The highest BCUT2D eigenvalue weighted by atomic mass is 35.5. The van der Waals surface area contributed by atoms with Gasteiger partial charge >= 0.3 is 0 Å². The molecule has 0 atom stereocenters. The van der Waals surface area contributed by atoms with Gasteiger partial charge in [0.15, 0.2) is 0 Å². The number of hydrogen-bond acceptors (Lipinski definition) is 2. The lowest BCUT2D eigenvalue weighted by atomic mass is 10.1. The Balaban J connectivity index is 1.59. The first-order chi connectivity index (χ1) is 9.24. The van der Waals surface area contributed by atoms with E-state index in [1.54, 1.807) is 0 Å². The van der Waals surface area contributed by atoms with Crippen molar-refractivity contribution in [2.24, 2.45) is 0 Å². The molecular weight excluding hydrogens is 260 g/mol. The van der Waals surface area contributed by atoms with Gasteiger partial charge in [0.05, 0.1) is 6.54 Å². The molecule has 2 rings (SSSR count). The minimum absolute atomic E-state index is 0.0841. The maximum atomic E-state index is 11.6. The number of halogens is 1. The van der Waals surface area contributed by atoms with Gasteiger partial charge in [-0.1, -0.05) is 36.6 Å². The van der Waals surface area contributed by atoms with Crippen molar-refractivity contribution in [1.82, 2.24) is 10.6 Å². The van der Waals surface area contributed by atoms with Gasteiger partial charge < -0.3 is 10.6 Å². The predicted molar refractivity (Wildman–Crippen MR) is 78.4 cm³/mol. The predicted octanol–water partition coefficient (Wildman–Crippen LogP) is 2.53. The lowest BCUT2D eigenvalue weighted by Crippen LogP contribution is -2.38. The van der Waals surface area contributed by atoms with Crippen molar-refractivity contribution in [2.75, 3.05) is 13.1 Å². The summed E-state index contributed by atoms with van der Waals surface area (Å²) in [4.78, 5) is 11.6. The summed E-state index contributed by atoms with van der Waals surface area (Å²) in [5.41, 5.74) is 1.19. The molecule has 0 unspecified atom stereocenters. The molecule has 1 fully saturated rings. The number of carbonyl (C=O) groups excluding carboxylic acids is 1. The molecule has 1 aliphatic rings. The molecule has 0 saturated heterocycles. The molecule has 19 heavy (non-hydrogen) atoms. The Kier molecular flexibility index (Phi) is 5.67. The van der Waals surface area contributed by atoms with Crippen LogP contribution in [0.2, 0.25) is 5.02 Å². The molecule has 104 valence electrons. The molecule has 0 heterocycles. The molecule has 1 saturated carbocycles. The van der Waals surface area contributed by atoms with E-state index in [-0.39, 0.29) is 5.91 Å². The van der Waals surface area contributed by atoms with Crippen LogP contribution in [-0.4, -0.2) is 25.0 Å². The number of benzene rings is 1. The second kappa shape index (κ2) is 7.51. The third-order valence-corrected chi connectivity index (χ3v) is 3.81. The third-order valence-electron chi connectivity index (χ3n) is 3.56. The summed E-state index contributed by atoms with van der Waals surface area (Å²) in [5, 5.41) is 6.99. The normalized spacial score (nSPS) is 15.6. The second-order valence-electron chi connectivity index (χ2n) is 5.09. The van der Waals surface area contributed by atoms with Crippen LogP contribution in [0.3, 0.4) is 0 Å². The fourth-order valence-corrected chi connectivity index (χ4v) is 2.55. The van der Waals surface area contributed by atoms with Gasteiger partial charge in [-0.2, -0.15) is 0 Å². The van der Waals surface area contributed by atoms with E-state index in [4.69, 9.17) is 11.6 Å². The van der Waals surface area contributed by atoms with Crippen LogP contribution in [0.1, 0.15) is 31.2 Å². The number of nitrogens with one attached hydrogen (secondary N) is 2. The van der Waals surface area contributed by atoms with Gasteiger partial charge in [0.25, 0.3) is 0 Å². The van der Waals surface area contributed by atoms with Gasteiger partial charge in [0, 0.05) is 17.6 Å². The van der Waals surface area contributed by atoms with Crippen LogP contribution in [0.4, 0.5) is 0 Å². The van der Waals surface area contributed by atoms with E-state index in [1.165, 1.54) is 31.2 Å². The van der Waals surface area contributed by atoms with Gasteiger partial charge in [-0.15, -0.1) is 0 Å². The quantitative estimate of drug-likeness (QED) is 0.841. The van der Waals surface area contributed by atoms with Crippen LogP contribution in [-0.2, 0) is 11.2 Å². The van der Waals surface area contributed by atoms with Crippen LogP contribution in [0.25, 0.3) is 0 Å². The standard InChI is InChI=1S/C15H21ClN2O/c16-13-7-5-12(6-8-13)9-10-17-15(19)11-18-14-3-1-2-4-14/h5-8,14,18H,1-4,9-11H2,(H,17,19). The minimum atomic E-state index is 0.0841. The molecule has 2 N–H and O–H groups in total. The molecule has 0 aliphatic heterocycles. The zero-order chi connectivity index (χ0) is 13.5. The number of carbonyl (C=O) groups is 1. The van der Waals surface area contributed by atoms with Crippen molar-refractivity contribution >= 4 is 17.5 Å². The molecule has 1 aliphatic carbocycles. The molecule has 0 spiro atoms. The fraction of sp³-hybridized carbons (Fsp3) is 0.533. The van der Waals surface area contributed by atoms with Crippen molar-refractivity contribution in [1.29, 1.82) is 0 Å². The van der Waals surface area contributed by atoms with E-state index in [9.17, 15) is 4.79 Å². The minimum Gasteiger partial charge on any atom is -0.355 e. The molecule has 3 nitrogen and oxygen atoms in total. The Bertz CT molecular complexity index is 399. The molecule has 0 aromatic heterocycles. The highest BCUT2D eigenvalue weighted by Gasteiger charge is 2.14. The molecule has 0 bridgehead atoms. The van der Waals surface area contributed by atoms with E-state index in [0.29, 0.717) is 19.1 Å². The van der Waals surface area contributed by atoms with Gasteiger partial charge in [0.1, 0.15) is 0 Å². The summed E-state index contributed by atoms with van der Waals surface area (Å²) in [6.45, 7) is 1.11. The van der Waals surface area contributed by atoms with Crippen molar-refractivity contribution in [3.8, 4) is 0 Å². The average Bonchev–Trinajstić information content (AvgIpc) is 2.92. The number of rotatable bonds is 6. The van der Waals surface area contributed by atoms with Crippen molar-refractivity contribution in [3.63, 3.8) is 0 Å². The van der Waals surface area contributed by atoms with E-state index in [1.807, 2.05) is 24.3 Å². The van der Waals surface area contributed by atoms with E-state index in [2.05, 4.69) is 10.6 Å². The molecule has 1 aromatic rings. The van der Waals surface area contributed by atoms with E-state index in [0.717, 1.165) is 11.4 Å². The Morgan fingerprint density at radius 3 is 2.58 bits per heavy atom. The second-order valence-corrected chi connectivity index (χ2v) is 5.53. The number of amides is 1. The summed E-state index contributed by atoms with van der Waals surface area (Å²) < 4.78 is 0. The maximum absolute atomic E-state index is 11.6. The largest absolute Gasteiger partial charge is 0.355 e. The topological polar surface area (TPSA) is 41.1 Å². The van der Waals surface area contributed by atoms with E-state index >= 15 is 0 Å². The van der Waals surface area contributed by atoms with Crippen LogP contribution < -0.4 is 10.6 Å². The van der Waals surface area contributed by atoms with Crippen molar-refractivity contribution in [3.05, 3.63) is 34.9 Å². The number of hydrogen-bond donors (Lipinski definition) is 2. The van der Waals surface area contributed by atoms with Crippen LogP contribution >= 0.6 is 11.6 Å². The Morgan fingerprint density at radius 1 is 1.21 bits per heavy atom. The first-order valence-corrected chi connectivity index (χ1v) is 7.36. The smallest absolute Gasteiger partial charge is 0.233 e. The van der Waals surface area contributed by atoms with Gasteiger partial charge in [-0.25, -0.2) is 0 Å². The van der Waals surface area contributed by atoms with Crippen LogP contribution in [0, 0.1) is 0 Å². The van der Waals surface area contributed by atoms with Crippen LogP contribution in [0.5, 0.6) is 0 Å². The zero-order valence-corrected chi connectivity index (χ0v) is 11.9. The van der Waals surface area contributed by atoms with Crippen molar-refractivity contribution in [2.45, 2.75) is 38.1 Å². The lowest BCUT2D eigenvalue weighted by Gasteiger charge is -2.11. The fourth-order valence-electron chi connectivity index (χ4n) is 2.43. The SMILES string of the molecule is O=C(CNC1CCCC1)NCCc1ccc(Cl)cc1. The van der Waals surface area contributed by atoms with Crippen LogP contribution in [0.15, 0.2) is 24.3 Å². The third kappa shape index (κ3) is 5.21. The molecule has 1 aromatic carbocycles. The molecule has 1 amide bonds. The summed E-state index contributed by atoms with van der Waals surface area (Å²) in [7, 11) is 0. The Labute approximate surface area is 119 Å². The highest BCUT2D eigenvalue weighted by Crippen LogP contribution is 2.17.